The number of anilines is 2. The number of piperidine rings is 2. The molecule has 284 valence electrons. The molecule has 3 aliphatic heterocycles. The van der Waals surface area contributed by atoms with Crippen LogP contribution in [0.4, 0.5) is 11.4 Å². The second kappa shape index (κ2) is 17.6. The number of epoxide rings is 1. The highest BCUT2D eigenvalue weighted by atomic mass is 16.6. The Balaban J connectivity index is 1.38. The summed E-state index contributed by atoms with van der Waals surface area (Å²) in [5, 5.41) is 16.7. The van der Waals surface area contributed by atoms with Gasteiger partial charge < -0.3 is 30.3 Å². The quantitative estimate of drug-likeness (QED) is 0.107. The van der Waals surface area contributed by atoms with E-state index in [4.69, 9.17) is 4.74 Å². The Morgan fingerprint density at radius 3 is 1.57 bits per heavy atom. The maximum Gasteiger partial charge on any atom is 0.336 e. The van der Waals surface area contributed by atoms with Gasteiger partial charge >= 0.3 is 5.97 Å². The smallest absolute Gasteiger partial charge is 0.336 e. The van der Waals surface area contributed by atoms with Crippen LogP contribution < -0.4 is 20.4 Å². The third-order valence-corrected chi connectivity index (χ3v) is 10.9. The molecule has 3 fully saturated rings. The summed E-state index contributed by atoms with van der Waals surface area (Å²) < 4.78 is 5.54. The average molecular weight is 723 g/mol. The van der Waals surface area contributed by atoms with Crippen LogP contribution in [0.5, 0.6) is 0 Å². The molecule has 3 aliphatic rings. The van der Waals surface area contributed by atoms with Crippen molar-refractivity contribution in [2.75, 3.05) is 42.6 Å². The van der Waals surface area contributed by atoms with Crippen molar-refractivity contribution >= 4 is 29.2 Å². The molecule has 0 aromatic heterocycles. The number of hydrogen-bond acceptors (Lipinski definition) is 6. The fourth-order valence-corrected chi connectivity index (χ4v) is 8.26. The van der Waals surface area contributed by atoms with Gasteiger partial charge in [-0.15, -0.1) is 0 Å². The van der Waals surface area contributed by atoms with E-state index in [1.54, 1.807) is 12.1 Å². The Kier molecular flexibility index (Phi) is 12.8. The van der Waals surface area contributed by atoms with Gasteiger partial charge in [-0.2, -0.15) is 0 Å². The number of carbonyl (C=O) groups is 3. The number of benzene rings is 3. The van der Waals surface area contributed by atoms with Gasteiger partial charge in [-0.1, -0.05) is 76.2 Å². The van der Waals surface area contributed by atoms with E-state index in [2.05, 4.69) is 84.5 Å². The predicted octanol–water partition coefficient (Wildman–Crippen LogP) is 8.33. The monoisotopic (exact) mass is 722 g/mol. The lowest BCUT2D eigenvalue weighted by Gasteiger charge is -2.34. The summed E-state index contributed by atoms with van der Waals surface area (Å²) in [5.74, 6) is -2.54. The van der Waals surface area contributed by atoms with E-state index in [1.165, 1.54) is 18.9 Å². The Bertz CT molecular complexity index is 1630. The molecular weight excluding hydrogens is 665 g/mol. The number of nitrogens with one attached hydrogen (secondary N) is 2. The second-order valence-electron chi connectivity index (χ2n) is 16.0. The number of ether oxygens (including phenoxy) is 1. The lowest BCUT2D eigenvalue weighted by molar-refractivity contribution is -0.132. The topological polar surface area (TPSA) is 115 Å². The van der Waals surface area contributed by atoms with Gasteiger partial charge in [0.2, 0.25) is 11.8 Å². The minimum Gasteiger partial charge on any atom is -0.478 e. The average Bonchev–Trinajstić information content (AvgIpc) is 4.01. The van der Waals surface area contributed by atoms with Crippen LogP contribution in [0.15, 0.2) is 66.7 Å². The van der Waals surface area contributed by atoms with Crippen LogP contribution in [0, 0.1) is 11.8 Å². The van der Waals surface area contributed by atoms with Crippen molar-refractivity contribution in [3.05, 3.63) is 94.5 Å². The summed E-state index contributed by atoms with van der Waals surface area (Å²) in [6.45, 7) is 12.9. The fraction of sp³-hybridized carbons (Fsp3) is 0.523. The zero-order valence-corrected chi connectivity index (χ0v) is 32.0. The maximum absolute atomic E-state index is 14.9. The molecule has 0 spiro atoms. The Morgan fingerprint density at radius 1 is 0.698 bits per heavy atom. The van der Waals surface area contributed by atoms with Crippen molar-refractivity contribution in [2.24, 2.45) is 11.8 Å². The Morgan fingerprint density at radius 2 is 1.15 bits per heavy atom. The lowest BCUT2D eigenvalue weighted by atomic mass is 9.89. The van der Waals surface area contributed by atoms with Gasteiger partial charge in [-0.3, -0.25) is 9.59 Å². The van der Waals surface area contributed by atoms with E-state index in [1.807, 2.05) is 12.1 Å². The molecule has 9 nitrogen and oxygen atoms in total. The molecule has 6 rings (SSSR count). The molecule has 3 aromatic carbocycles. The van der Waals surface area contributed by atoms with Gasteiger partial charge in [0, 0.05) is 37.6 Å². The highest BCUT2D eigenvalue weighted by Gasteiger charge is 2.37. The van der Waals surface area contributed by atoms with Gasteiger partial charge in [-0.05, 0) is 104 Å². The molecular formula is C44H58N4O5. The zero-order chi connectivity index (χ0) is 37.5. The summed E-state index contributed by atoms with van der Waals surface area (Å²) in [7, 11) is 0. The Labute approximate surface area is 315 Å². The summed E-state index contributed by atoms with van der Waals surface area (Å²) in [4.78, 5) is 46.8. The molecule has 3 N–H and O–H groups in total. The van der Waals surface area contributed by atoms with Crippen molar-refractivity contribution in [1.29, 1.82) is 0 Å². The van der Waals surface area contributed by atoms with Crippen molar-refractivity contribution in [3.8, 4) is 0 Å². The first-order valence-electron chi connectivity index (χ1n) is 19.9. The number of para-hydroxylation sites is 2. The molecule has 0 bridgehead atoms. The fourth-order valence-electron chi connectivity index (χ4n) is 8.26. The van der Waals surface area contributed by atoms with E-state index < -0.39 is 23.7 Å². The van der Waals surface area contributed by atoms with E-state index in [0.717, 1.165) is 74.4 Å². The number of aromatic carboxylic acids is 1. The lowest BCUT2D eigenvalue weighted by Crippen LogP contribution is -2.43. The molecule has 2 amide bonds. The van der Waals surface area contributed by atoms with Crippen molar-refractivity contribution < 1.29 is 24.2 Å². The second-order valence-corrected chi connectivity index (χ2v) is 16.0. The molecule has 3 aromatic rings. The number of carboxylic acids is 1. The van der Waals surface area contributed by atoms with Gasteiger partial charge in [0.15, 0.2) is 0 Å². The van der Waals surface area contributed by atoms with Crippen molar-refractivity contribution in [2.45, 2.75) is 103 Å². The molecule has 9 heteroatoms. The van der Waals surface area contributed by atoms with Gasteiger partial charge in [-0.25, -0.2) is 4.79 Å². The zero-order valence-electron chi connectivity index (χ0n) is 32.0. The number of rotatable bonds is 15. The first-order valence-corrected chi connectivity index (χ1v) is 19.9. The minimum atomic E-state index is -1.22. The van der Waals surface area contributed by atoms with E-state index in [0.29, 0.717) is 30.6 Å². The summed E-state index contributed by atoms with van der Waals surface area (Å²) in [6, 6.07) is 20.8. The van der Waals surface area contributed by atoms with E-state index in [9.17, 15) is 19.5 Å². The molecule has 0 saturated carbocycles. The SMILES string of the molecule is CC(C)CC(NC(=O)C(C(=O)NC(CC(C)C)c1ccccc1N1CCCCC1)c1ccc(C(=O)O)c(C2CO2)c1)c1ccccc1N1CCCCC1. The van der Waals surface area contributed by atoms with Gasteiger partial charge in [0.05, 0.1) is 24.3 Å². The number of carbonyl (C=O) groups excluding carboxylic acids is 2. The number of carboxylic acid groups (broad SMARTS) is 1. The molecule has 3 atom stereocenters. The molecule has 0 aliphatic carbocycles. The maximum atomic E-state index is 14.9. The molecule has 3 unspecified atom stereocenters. The van der Waals surface area contributed by atoms with Crippen LogP contribution in [0.1, 0.15) is 136 Å². The van der Waals surface area contributed by atoms with E-state index in [-0.39, 0.29) is 35.6 Å². The highest BCUT2D eigenvalue weighted by Crippen LogP contribution is 2.37. The Hall–Kier alpha value is -4.37. The molecule has 53 heavy (non-hydrogen) atoms. The standard InChI is InChI=1S/C44H58N4O5/c1-29(2)25-36(33-15-7-9-17-38(33)47-21-11-5-12-22-47)45-42(49)41(31-19-20-32(44(51)52)35(27-31)40-28-53-40)43(50)46-37(26-30(3)4)34-16-8-10-18-39(34)48-23-13-6-14-24-48/h7-10,15-20,27,29-30,36-37,40-41H,5-6,11-14,21-26,28H2,1-4H3,(H,45,49)(H,46,50)(H,51,52). The van der Waals surface area contributed by atoms with Crippen LogP contribution in [0.2, 0.25) is 0 Å². The van der Waals surface area contributed by atoms with Gasteiger partial charge in [0.25, 0.3) is 0 Å². The van der Waals surface area contributed by atoms with Crippen LogP contribution in [0.3, 0.4) is 0 Å². The van der Waals surface area contributed by atoms with Crippen molar-refractivity contribution in [3.63, 3.8) is 0 Å². The molecule has 3 heterocycles. The number of nitrogens with zero attached hydrogens (tertiary/aromatic N) is 2. The summed E-state index contributed by atoms with van der Waals surface area (Å²) in [6.07, 6.45) is 8.00. The van der Waals surface area contributed by atoms with E-state index >= 15 is 0 Å². The summed E-state index contributed by atoms with van der Waals surface area (Å²) >= 11 is 0. The largest absolute Gasteiger partial charge is 0.478 e. The van der Waals surface area contributed by atoms with Gasteiger partial charge in [0.1, 0.15) is 12.0 Å². The van der Waals surface area contributed by atoms with Crippen LogP contribution in [0.25, 0.3) is 0 Å². The normalized spacial score (nSPS) is 19.1. The third-order valence-electron chi connectivity index (χ3n) is 10.9. The number of amides is 2. The summed E-state index contributed by atoms with van der Waals surface area (Å²) in [5.41, 5.74) is 5.43. The number of hydrogen-bond donors (Lipinski definition) is 3. The first kappa shape index (κ1) is 38.4. The van der Waals surface area contributed by atoms with Crippen LogP contribution in [-0.2, 0) is 14.3 Å². The predicted molar refractivity (Wildman–Crippen MR) is 211 cm³/mol. The molecule has 0 radical (unpaired) electrons. The van der Waals surface area contributed by atoms with Crippen LogP contribution in [-0.4, -0.2) is 55.7 Å². The third kappa shape index (κ3) is 9.60. The van der Waals surface area contributed by atoms with Crippen LogP contribution >= 0.6 is 0 Å². The minimum absolute atomic E-state index is 0.122. The first-order chi connectivity index (χ1) is 25.6. The molecule has 3 saturated heterocycles. The van der Waals surface area contributed by atoms with Crippen molar-refractivity contribution in [1.82, 2.24) is 10.6 Å². The highest BCUT2D eigenvalue weighted by molar-refractivity contribution is 6.06.